The van der Waals surface area contributed by atoms with Gasteiger partial charge in [0.25, 0.3) is 0 Å². The molecule has 27 heavy (non-hydrogen) atoms. The number of carboxylic acid groups (broad SMARTS) is 1. The lowest BCUT2D eigenvalue weighted by molar-refractivity contribution is -0.192. The number of likely N-dealkylation sites (tertiary alicyclic amines) is 1. The van der Waals surface area contributed by atoms with E-state index in [-0.39, 0.29) is 5.91 Å². The standard InChI is InChI=1S/C16H29N3O.C2HF3O2/c1-3-19(13(2)20)14-4-8-18(9-5-14)15-10-16(11-15)6-7-17-12-16;3-2(4,5)1(6)7/h14-15,17H,3-12H2,1-2H3;(H,6,7). The molecule has 2 aliphatic heterocycles. The van der Waals surface area contributed by atoms with Crippen LogP contribution in [-0.4, -0.2) is 77.8 Å². The second-order valence-corrected chi connectivity index (χ2v) is 7.86. The third-order valence-electron chi connectivity index (χ3n) is 6.11. The summed E-state index contributed by atoms with van der Waals surface area (Å²) in [6, 6.07) is 1.30. The molecule has 0 aromatic heterocycles. The van der Waals surface area contributed by atoms with Crippen molar-refractivity contribution in [1.82, 2.24) is 15.1 Å². The Hall–Kier alpha value is -1.35. The van der Waals surface area contributed by atoms with Gasteiger partial charge in [-0.25, -0.2) is 4.79 Å². The van der Waals surface area contributed by atoms with E-state index in [4.69, 9.17) is 9.90 Å². The molecule has 0 unspecified atom stereocenters. The molecule has 3 fully saturated rings. The third-order valence-corrected chi connectivity index (χ3v) is 6.11. The van der Waals surface area contributed by atoms with Gasteiger partial charge in [-0.15, -0.1) is 0 Å². The zero-order valence-corrected chi connectivity index (χ0v) is 16.0. The van der Waals surface area contributed by atoms with Crippen LogP contribution < -0.4 is 5.32 Å². The Bertz CT molecular complexity index is 520. The minimum absolute atomic E-state index is 0.241. The molecule has 0 atom stereocenters. The van der Waals surface area contributed by atoms with Crippen LogP contribution in [0.1, 0.15) is 46.0 Å². The van der Waals surface area contributed by atoms with E-state index in [1.807, 2.05) is 0 Å². The molecule has 1 spiro atoms. The molecule has 2 saturated heterocycles. The Morgan fingerprint density at radius 2 is 1.81 bits per heavy atom. The van der Waals surface area contributed by atoms with Crippen LogP contribution in [0.15, 0.2) is 0 Å². The molecule has 9 heteroatoms. The van der Waals surface area contributed by atoms with Gasteiger partial charge in [0.2, 0.25) is 5.91 Å². The van der Waals surface area contributed by atoms with Crippen molar-refractivity contribution in [1.29, 1.82) is 0 Å². The van der Waals surface area contributed by atoms with Crippen LogP contribution in [0.25, 0.3) is 0 Å². The van der Waals surface area contributed by atoms with Gasteiger partial charge in [0, 0.05) is 45.2 Å². The number of carbonyl (C=O) groups excluding carboxylic acids is 1. The van der Waals surface area contributed by atoms with Crippen molar-refractivity contribution in [2.45, 2.75) is 64.2 Å². The molecule has 0 bridgehead atoms. The molecule has 2 N–H and O–H groups in total. The van der Waals surface area contributed by atoms with Gasteiger partial charge in [-0.05, 0) is 51.0 Å². The molecule has 1 aliphatic carbocycles. The molecule has 156 valence electrons. The van der Waals surface area contributed by atoms with Gasteiger partial charge >= 0.3 is 12.1 Å². The summed E-state index contributed by atoms with van der Waals surface area (Å²) in [5.74, 6) is -2.52. The number of hydrogen-bond acceptors (Lipinski definition) is 4. The molecule has 6 nitrogen and oxygen atoms in total. The molecule has 0 aromatic rings. The highest BCUT2D eigenvalue weighted by Gasteiger charge is 2.48. The van der Waals surface area contributed by atoms with Crippen molar-refractivity contribution in [3.63, 3.8) is 0 Å². The summed E-state index contributed by atoms with van der Waals surface area (Å²) in [5, 5.41) is 10.6. The maximum absolute atomic E-state index is 11.6. The SMILES string of the molecule is CCN(C(C)=O)C1CCN(C2CC3(CCNC3)C2)CC1.O=C(O)C(F)(F)F. The first-order valence-corrected chi connectivity index (χ1v) is 9.60. The fourth-order valence-corrected chi connectivity index (χ4v) is 4.64. The van der Waals surface area contributed by atoms with Crippen molar-refractivity contribution < 1.29 is 27.9 Å². The molecule has 3 aliphatic rings. The number of amides is 1. The van der Waals surface area contributed by atoms with Crippen molar-refractivity contribution in [2.75, 3.05) is 32.7 Å². The number of nitrogens with zero attached hydrogens (tertiary/aromatic N) is 2. The summed E-state index contributed by atoms with van der Waals surface area (Å²) in [4.78, 5) is 25.3. The Morgan fingerprint density at radius 3 is 2.19 bits per heavy atom. The third kappa shape index (κ3) is 5.57. The van der Waals surface area contributed by atoms with E-state index in [2.05, 4.69) is 22.0 Å². The van der Waals surface area contributed by atoms with Crippen molar-refractivity contribution in [3.8, 4) is 0 Å². The lowest BCUT2D eigenvalue weighted by atomic mass is 9.64. The number of piperidine rings is 1. The second kappa shape index (κ2) is 8.77. The van der Waals surface area contributed by atoms with Crippen LogP contribution in [0, 0.1) is 5.41 Å². The second-order valence-electron chi connectivity index (χ2n) is 7.86. The van der Waals surface area contributed by atoms with Gasteiger partial charge in [0.05, 0.1) is 0 Å². The first-order chi connectivity index (χ1) is 12.6. The fraction of sp³-hybridized carbons (Fsp3) is 0.889. The number of hydrogen-bond donors (Lipinski definition) is 2. The van der Waals surface area contributed by atoms with Crippen LogP contribution in [-0.2, 0) is 9.59 Å². The normalized spacial score (nSPS) is 29.0. The molecule has 1 saturated carbocycles. The number of alkyl halides is 3. The number of aliphatic carboxylic acids is 1. The summed E-state index contributed by atoms with van der Waals surface area (Å²) in [5.41, 5.74) is 0.649. The lowest BCUT2D eigenvalue weighted by Crippen LogP contribution is -2.56. The Labute approximate surface area is 158 Å². The predicted octanol–water partition coefficient (Wildman–Crippen LogP) is 2.09. The van der Waals surface area contributed by atoms with E-state index in [9.17, 15) is 18.0 Å². The monoisotopic (exact) mass is 393 g/mol. The number of halogens is 3. The molecule has 1 amide bonds. The Morgan fingerprint density at radius 1 is 1.26 bits per heavy atom. The maximum atomic E-state index is 11.6. The lowest BCUT2D eigenvalue weighted by Gasteiger charge is -2.52. The number of nitrogens with one attached hydrogen (secondary N) is 1. The van der Waals surface area contributed by atoms with Crippen molar-refractivity contribution in [2.24, 2.45) is 5.41 Å². The number of carboxylic acids is 1. The van der Waals surface area contributed by atoms with Gasteiger partial charge in [-0.1, -0.05) is 0 Å². The topological polar surface area (TPSA) is 72.9 Å². The number of carbonyl (C=O) groups is 2. The predicted molar refractivity (Wildman–Crippen MR) is 94.3 cm³/mol. The van der Waals surface area contributed by atoms with E-state index in [0.29, 0.717) is 11.5 Å². The van der Waals surface area contributed by atoms with E-state index >= 15 is 0 Å². The van der Waals surface area contributed by atoms with E-state index in [1.165, 1.54) is 45.4 Å². The zero-order chi connectivity index (χ0) is 20.2. The summed E-state index contributed by atoms with van der Waals surface area (Å²) < 4.78 is 31.7. The zero-order valence-electron chi connectivity index (χ0n) is 16.0. The summed E-state index contributed by atoms with van der Waals surface area (Å²) in [7, 11) is 0. The van der Waals surface area contributed by atoms with Gasteiger partial charge in [0.15, 0.2) is 0 Å². The van der Waals surface area contributed by atoms with Crippen LogP contribution in [0.2, 0.25) is 0 Å². The van der Waals surface area contributed by atoms with Crippen molar-refractivity contribution in [3.05, 3.63) is 0 Å². The quantitative estimate of drug-likeness (QED) is 0.768. The van der Waals surface area contributed by atoms with Gasteiger partial charge in [-0.2, -0.15) is 13.2 Å². The average molecular weight is 393 g/mol. The summed E-state index contributed by atoms with van der Waals surface area (Å²) in [6.45, 7) is 9.49. The van der Waals surface area contributed by atoms with Crippen LogP contribution in [0.3, 0.4) is 0 Å². The Kier molecular flexibility index (Phi) is 7.13. The molecule has 0 aromatic carbocycles. The molecule has 0 radical (unpaired) electrons. The molecular formula is C18H30F3N3O3. The minimum atomic E-state index is -5.08. The highest BCUT2D eigenvalue weighted by atomic mass is 19.4. The smallest absolute Gasteiger partial charge is 0.475 e. The van der Waals surface area contributed by atoms with Gasteiger partial charge in [-0.3, -0.25) is 4.79 Å². The van der Waals surface area contributed by atoms with Crippen LogP contribution >= 0.6 is 0 Å². The van der Waals surface area contributed by atoms with E-state index in [0.717, 1.165) is 25.4 Å². The summed E-state index contributed by atoms with van der Waals surface area (Å²) >= 11 is 0. The van der Waals surface area contributed by atoms with E-state index in [1.54, 1.807) is 6.92 Å². The first kappa shape index (κ1) is 21.9. The first-order valence-electron chi connectivity index (χ1n) is 9.60. The largest absolute Gasteiger partial charge is 0.490 e. The highest BCUT2D eigenvalue weighted by Crippen LogP contribution is 2.48. The van der Waals surface area contributed by atoms with Crippen LogP contribution in [0.5, 0.6) is 0 Å². The van der Waals surface area contributed by atoms with Crippen LogP contribution in [0.4, 0.5) is 13.2 Å². The van der Waals surface area contributed by atoms with E-state index < -0.39 is 12.1 Å². The Balaban J connectivity index is 0.000000321. The minimum Gasteiger partial charge on any atom is -0.475 e. The van der Waals surface area contributed by atoms with Crippen molar-refractivity contribution >= 4 is 11.9 Å². The fourth-order valence-electron chi connectivity index (χ4n) is 4.64. The summed E-state index contributed by atoms with van der Waals surface area (Å²) in [6.07, 6.45) is 1.42. The molecule has 2 heterocycles. The highest BCUT2D eigenvalue weighted by molar-refractivity contribution is 5.73. The number of rotatable bonds is 3. The molecular weight excluding hydrogens is 363 g/mol. The van der Waals surface area contributed by atoms with Gasteiger partial charge in [0.1, 0.15) is 0 Å². The molecule has 3 rings (SSSR count). The maximum Gasteiger partial charge on any atom is 0.490 e. The van der Waals surface area contributed by atoms with Gasteiger partial charge < -0.3 is 20.2 Å². The average Bonchev–Trinajstić information content (AvgIpc) is 3.04.